The molecule has 0 amide bonds. The highest BCUT2D eigenvalue weighted by Gasteiger charge is 2.15. The van der Waals surface area contributed by atoms with Gasteiger partial charge in [-0.3, -0.25) is 14.6 Å². The molecule has 0 saturated heterocycles. The van der Waals surface area contributed by atoms with E-state index in [4.69, 9.17) is 14.3 Å². The van der Waals surface area contributed by atoms with Crippen LogP contribution in [0.15, 0.2) is 33.6 Å². The number of hydrogen-bond acceptors (Lipinski definition) is 6. The fourth-order valence-electron chi connectivity index (χ4n) is 2.35. The van der Waals surface area contributed by atoms with Crippen LogP contribution in [0, 0.1) is 0 Å². The summed E-state index contributed by atoms with van der Waals surface area (Å²) in [5, 5.41) is 9.70. The van der Waals surface area contributed by atoms with Gasteiger partial charge >= 0.3 is 0 Å². The Morgan fingerprint density at radius 1 is 1.27 bits per heavy atom. The van der Waals surface area contributed by atoms with Crippen LogP contribution in [-0.4, -0.2) is 23.0 Å². The molecule has 2 heterocycles. The Bertz CT molecular complexity index is 958. The summed E-state index contributed by atoms with van der Waals surface area (Å²) < 4.78 is 10.9. The average molecular weight is 299 g/mol. The highest BCUT2D eigenvalue weighted by Crippen LogP contribution is 2.27. The highest BCUT2D eigenvalue weighted by molar-refractivity contribution is 6.02. The molecule has 2 aromatic heterocycles. The molecule has 3 rings (SSSR count). The molecule has 0 aliphatic heterocycles. The Hall–Kier alpha value is -2.73. The van der Waals surface area contributed by atoms with E-state index >= 15 is 0 Å². The molecule has 1 aromatic carbocycles. The van der Waals surface area contributed by atoms with E-state index in [2.05, 4.69) is 4.98 Å². The molecule has 0 aliphatic carbocycles. The number of aliphatic hydroxyl groups is 1. The van der Waals surface area contributed by atoms with Crippen LogP contribution in [0.1, 0.15) is 23.0 Å². The molecule has 0 bridgehead atoms. The minimum absolute atomic E-state index is 0.202. The van der Waals surface area contributed by atoms with Gasteiger partial charge in [-0.25, -0.2) is 0 Å². The first-order valence-corrected chi connectivity index (χ1v) is 6.60. The van der Waals surface area contributed by atoms with Gasteiger partial charge in [0.25, 0.3) is 0 Å². The van der Waals surface area contributed by atoms with Crippen LogP contribution in [0.3, 0.4) is 0 Å². The summed E-state index contributed by atoms with van der Waals surface area (Å²) in [5.74, 6) is 0.144. The molecule has 6 nitrogen and oxygen atoms in total. The SMILES string of the molecule is COc1cc2oc3cc(CO)ncc3c(=O)c2cc1C(C)=O. The van der Waals surface area contributed by atoms with Gasteiger partial charge in [-0.05, 0) is 13.0 Å². The number of aliphatic hydroxyl groups excluding tert-OH is 1. The van der Waals surface area contributed by atoms with Crippen molar-refractivity contribution in [1.29, 1.82) is 0 Å². The Balaban J connectivity index is 2.43. The minimum Gasteiger partial charge on any atom is -0.496 e. The van der Waals surface area contributed by atoms with Crippen molar-refractivity contribution in [1.82, 2.24) is 4.98 Å². The second-order valence-corrected chi connectivity index (χ2v) is 4.87. The zero-order chi connectivity index (χ0) is 15.9. The van der Waals surface area contributed by atoms with Crippen LogP contribution in [-0.2, 0) is 6.61 Å². The monoisotopic (exact) mass is 299 g/mol. The number of ether oxygens (including phenoxy) is 1. The third kappa shape index (κ3) is 2.14. The molecule has 0 radical (unpaired) electrons. The first-order chi connectivity index (χ1) is 10.5. The number of rotatable bonds is 3. The van der Waals surface area contributed by atoms with Crippen LogP contribution < -0.4 is 10.2 Å². The number of methoxy groups -OCH3 is 1. The largest absolute Gasteiger partial charge is 0.496 e. The molecule has 0 aliphatic rings. The molecule has 22 heavy (non-hydrogen) atoms. The maximum atomic E-state index is 12.5. The lowest BCUT2D eigenvalue weighted by atomic mass is 10.1. The predicted molar refractivity (Wildman–Crippen MR) is 80.3 cm³/mol. The smallest absolute Gasteiger partial charge is 0.202 e. The number of pyridine rings is 1. The number of carbonyl (C=O) groups excluding carboxylic acids is 1. The van der Waals surface area contributed by atoms with Gasteiger partial charge in [0.1, 0.15) is 16.9 Å². The lowest BCUT2D eigenvalue weighted by Crippen LogP contribution is -2.06. The van der Waals surface area contributed by atoms with E-state index in [1.165, 1.54) is 38.4 Å². The molecule has 3 aromatic rings. The van der Waals surface area contributed by atoms with Crippen LogP contribution in [0.5, 0.6) is 5.75 Å². The highest BCUT2D eigenvalue weighted by atomic mass is 16.5. The van der Waals surface area contributed by atoms with Gasteiger partial charge < -0.3 is 14.3 Å². The standard InChI is InChI=1S/C16H13NO5/c1-8(19)10-4-11-15(5-13(10)21-2)22-14-3-9(7-18)17-6-12(14)16(11)20/h3-6,18H,7H2,1-2H3. The molecule has 0 spiro atoms. The first kappa shape index (κ1) is 14.2. The summed E-state index contributed by atoms with van der Waals surface area (Å²) in [6, 6.07) is 4.51. The molecule has 0 fully saturated rings. The third-order valence-corrected chi connectivity index (χ3v) is 3.47. The van der Waals surface area contributed by atoms with Crippen molar-refractivity contribution in [2.75, 3.05) is 7.11 Å². The fraction of sp³-hybridized carbons (Fsp3) is 0.188. The summed E-state index contributed by atoms with van der Waals surface area (Å²) in [4.78, 5) is 28.2. The van der Waals surface area contributed by atoms with Crippen LogP contribution in [0.25, 0.3) is 21.9 Å². The number of aromatic nitrogens is 1. The zero-order valence-corrected chi connectivity index (χ0v) is 12.0. The second kappa shape index (κ2) is 5.23. The maximum Gasteiger partial charge on any atom is 0.202 e. The predicted octanol–water partition coefficient (Wildman–Crippen LogP) is 2.04. The van der Waals surface area contributed by atoms with Crippen molar-refractivity contribution in [2.45, 2.75) is 13.5 Å². The van der Waals surface area contributed by atoms with Gasteiger partial charge in [-0.1, -0.05) is 0 Å². The number of Topliss-reactive ketones (excluding diaryl/α,β-unsaturated/α-hetero) is 1. The van der Waals surface area contributed by atoms with Crippen LogP contribution in [0.2, 0.25) is 0 Å². The quantitative estimate of drug-likeness (QED) is 0.588. The molecule has 0 unspecified atom stereocenters. The summed E-state index contributed by atoms with van der Waals surface area (Å²) in [6.07, 6.45) is 1.36. The number of ketones is 1. The van der Waals surface area contributed by atoms with Crippen molar-refractivity contribution in [3.05, 3.63) is 45.9 Å². The first-order valence-electron chi connectivity index (χ1n) is 6.60. The van der Waals surface area contributed by atoms with Gasteiger partial charge in [-0.2, -0.15) is 0 Å². The Morgan fingerprint density at radius 2 is 2.00 bits per heavy atom. The van der Waals surface area contributed by atoms with E-state index in [1.807, 2.05) is 0 Å². The number of nitrogens with zero attached hydrogens (tertiary/aromatic N) is 1. The Kier molecular flexibility index (Phi) is 3.38. The summed E-state index contributed by atoms with van der Waals surface area (Å²) >= 11 is 0. The molecule has 112 valence electrons. The van der Waals surface area contributed by atoms with E-state index in [0.29, 0.717) is 33.6 Å². The van der Waals surface area contributed by atoms with Crippen molar-refractivity contribution >= 4 is 27.7 Å². The number of fused-ring (bicyclic) bond motifs is 2. The van der Waals surface area contributed by atoms with Crippen LogP contribution in [0.4, 0.5) is 0 Å². The fourth-order valence-corrected chi connectivity index (χ4v) is 2.35. The molecular formula is C16H13NO5. The van der Waals surface area contributed by atoms with E-state index < -0.39 is 0 Å². The molecule has 0 atom stereocenters. The second-order valence-electron chi connectivity index (χ2n) is 4.87. The van der Waals surface area contributed by atoms with Gasteiger partial charge in [0.2, 0.25) is 5.43 Å². The van der Waals surface area contributed by atoms with Gasteiger partial charge in [0.05, 0.1) is 35.7 Å². The summed E-state index contributed by atoms with van der Waals surface area (Å²) in [5.41, 5.74) is 1.09. The topological polar surface area (TPSA) is 89.6 Å². The van der Waals surface area contributed by atoms with E-state index in [1.54, 1.807) is 0 Å². The number of benzene rings is 1. The number of carbonyl (C=O) groups is 1. The number of hydrogen-bond donors (Lipinski definition) is 1. The summed E-state index contributed by atoms with van der Waals surface area (Å²) in [6.45, 7) is 1.16. The Morgan fingerprint density at radius 3 is 2.64 bits per heavy atom. The van der Waals surface area contributed by atoms with E-state index in [-0.39, 0.29) is 23.2 Å². The third-order valence-electron chi connectivity index (χ3n) is 3.47. The Labute approximate surface area is 125 Å². The van der Waals surface area contributed by atoms with Crippen LogP contribution >= 0.6 is 0 Å². The lowest BCUT2D eigenvalue weighted by molar-refractivity contribution is 0.101. The minimum atomic E-state index is -0.279. The zero-order valence-electron chi connectivity index (χ0n) is 12.0. The van der Waals surface area contributed by atoms with Crippen molar-refractivity contribution in [3.8, 4) is 5.75 Å². The maximum absolute atomic E-state index is 12.5. The molecule has 6 heteroatoms. The van der Waals surface area contributed by atoms with Gasteiger partial charge in [0.15, 0.2) is 5.78 Å². The molecule has 1 N–H and O–H groups in total. The van der Waals surface area contributed by atoms with Crippen molar-refractivity contribution < 1.29 is 19.1 Å². The van der Waals surface area contributed by atoms with E-state index in [0.717, 1.165) is 0 Å². The average Bonchev–Trinajstić information content (AvgIpc) is 2.53. The van der Waals surface area contributed by atoms with Gasteiger partial charge in [0, 0.05) is 18.3 Å². The summed E-state index contributed by atoms with van der Waals surface area (Å²) in [7, 11) is 1.44. The molecule has 0 saturated carbocycles. The lowest BCUT2D eigenvalue weighted by Gasteiger charge is -2.08. The van der Waals surface area contributed by atoms with Crippen molar-refractivity contribution in [2.24, 2.45) is 0 Å². The van der Waals surface area contributed by atoms with Crippen molar-refractivity contribution in [3.63, 3.8) is 0 Å². The normalized spacial score (nSPS) is 11.0. The van der Waals surface area contributed by atoms with Gasteiger partial charge in [-0.15, -0.1) is 0 Å². The molecular weight excluding hydrogens is 286 g/mol. The van der Waals surface area contributed by atoms with E-state index in [9.17, 15) is 9.59 Å².